The second kappa shape index (κ2) is 5.76. The fraction of sp³-hybridized carbons (Fsp3) is 0.400. The predicted octanol–water partition coefficient (Wildman–Crippen LogP) is 3.48. The Morgan fingerprint density at radius 1 is 1.37 bits per heavy atom. The molecule has 0 fully saturated rings. The van der Waals surface area contributed by atoms with Crippen molar-refractivity contribution in [3.63, 3.8) is 0 Å². The van der Waals surface area contributed by atoms with Crippen LogP contribution in [-0.2, 0) is 6.54 Å². The van der Waals surface area contributed by atoms with Gasteiger partial charge in [-0.1, -0.05) is 35.4 Å². The van der Waals surface area contributed by atoms with E-state index in [2.05, 4.69) is 49.4 Å². The fourth-order valence-electron chi connectivity index (χ4n) is 2.50. The van der Waals surface area contributed by atoms with Gasteiger partial charge in [0.1, 0.15) is 0 Å². The lowest BCUT2D eigenvalue weighted by atomic mass is 9.97. The van der Waals surface area contributed by atoms with Crippen LogP contribution in [0.25, 0.3) is 0 Å². The van der Waals surface area contributed by atoms with Gasteiger partial charge in [-0.2, -0.15) is 5.10 Å². The molecule has 1 unspecified atom stereocenters. The number of nitrogens with zero attached hydrogens (tertiary/aromatic N) is 2. The van der Waals surface area contributed by atoms with E-state index in [-0.39, 0.29) is 6.04 Å². The molecule has 0 spiro atoms. The Morgan fingerprint density at radius 2 is 2.11 bits per heavy atom. The van der Waals surface area contributed by atoms with E-state index < -0.39 is 0 Å². The first-order valence-corrected chi connectivity index (χ1v) is 6.91. The van der Waals surface area contributed by atoms with Gasteiger partial charge in [0.05, 0.1) is 23.0 Å². The number of aryl methyl sites for hydroxylation is 3. The van der Waals surface area contributed by atoms with Gasteiger partial charge in [-0.3, -0.25) is 4.68 Å². The van der Waals surface area contributed by atoms with Crippen LogP contribution in [0.3, 0.4) is 0 Å². The largest absolute Gasteiger partial charge is 0.308 e. The summed E-state index contributed by atoms with van der Waals surface area (Å²) in [5.41, 5.74) is 4.80. The van der Waals surface area contributed by atoms with Crippen LogP contribution in [0.2, 0.25) is 5.02 Å². The van der Waals surface area contributed by atoms with Gasteiger partial charge in [0.25, 0.3) is 0 Å². The number of rotatable bonds is 4. The van der Waals surface area contributed by atoms with Crippen LogP contribution in [-0.4, -0.2) is 16.8 Å². The first-order valence-electron chi connectivity index (χ1n) is 6.54. The summed E-state index contributed by atoms with van der Waals surface area (Å²) in [6, 6.07) is 6.55. The lowest BCUT2D eigenvalue weighted by Gasteiger charge is -2.21. The zero-order chi connectivity index (χ0) is 14.0. The number of aromatic nitrogens is 2. The minimum Gasteiger partial charge on any atom is -0.308 e. The molecule has 1 aromatic heterocycles. The van der Waals surface area contributed by atoms with Gasteiger partial charge in [0.2, 0.25) is 0 Å². The van der Waals surface area contributed by atoms with Crippen molar-refractivity contribution in [3.8, 4) is 0 Å². The Balaban J connectivity index is 2.52. The summed E-state index contributed by atoms with van der Waals surface area (Å²) in [4.78, 5) is 0. The normalized spacial score (nSPS) is 12.7. The van der Waals surface area contributed by atoms with Gasteiger partial charge in [0, 0.05) is 6.54 Å². The summed E-state index contributed by atoms with van der Waals surface area (Å²) in [5, 5.41) is 8.38. The standard InChI is InChI=1S/C15H20ClN3/c1-5-19-15(13(16)9-18-19)14(17-4)12-7-6-10(2)8-11(12)3/h6-9,14,17H,5H2,1-4H3. The average Bonchev–Trinajstić information content (AvgIpc) is 2.74. The molecule has 3 nitrogen and oxygen atoms in total. The third kappa shape index (κ3) is 2.67. The van der Waals surface area contributed by atoms with Crippen molar-refractivity contribution >= 4 is 11.6 Å². The van der Waals surface area contributed by atoms with Crippen LogP contribution in [0, 0.1) is 13.8 Å². The SMILES string of the molecule is CCn1ncc(Cl)c1C(NC)c1ccc(C)cc1C. The third-order valence-corrected chi connectivity index (χ3v) is 3.72. The molecule has 1 aromatic carbocycles. The Kier molecular flexibility index (Phi) is 4.27. The maximum atomic E-state index is 6.31. The smallest absolute Gasteiger partial charge is 0.0837 e. The highest BCUT2D eigenvalue weighted by molar-refractivity contribution is 6.31. The van der Waals surface area contributed by atoms with E-state index in [1.807, 2.05) is 11.7 Å². The minimum absolute atomic E-state index is 0.0653. The van der Waals surface area contributed by atoms with Crippen molar-refractivity contribution in [2.24, 2.45) is 0 Å². The number of hydrogen-bond acceptors (Lipinski definition) is 2. The molecular weight excluding hydrogens is 258 g/mol. The maximum absolute atomic E-state index is 6.31. The molecule has 19 heavy (non-hydrogen) atoms. The molecule has 0 saturated heterocycles. The Bertz CT molecular complexity index is 575. The van der Waals surface area contributed by atoms with Crippen molar-refractivity contribution in [1.82, 2.24) is 15.1 Å². The highest BCUT2D eigenvalue weighted by Gasteiger charge is 2.21. The summed E-state index contributed by atoms with van der Waals surface area (Å²) < 4.78 is 1.95. The number of benzene rings is 1. The summed E-state index contributed by atoms with van der Waals surface area (Å²) >= 11 is 6.31. The lowest BCUT2D eigenvalue weighted by Crippen LogP contribution is -2.22. The van der Waals surface area contributed by atoms with Crippen molar-refractivity contribution in [2.75, 3.05) is 7.05 Å². The molecule has 0 radical (unpaired) electrons. The van der Waals surface area contributed by atoms with E-state index in [1.54, 1.807) is 6.20 Å². The first kappa shape index (κ1) is 14.1. The summed E-state index contributed by atoms with van der Waals surface area (Å²) in [6.07, 6.45) is 1.72. The predicted molar refractivity (Wildman–Crippen MR) is 79.7 cm³/mol. The van der Waals surface area contributed by atoms with Crippen LogP contribution in [0.4, 0.5) is 0 Å². The lowest BCUT2D eigenvalue weighted by molar-refractivity contribution is 0.562. The van der Waals surface area contributed by atoms with Crippen molar-refractivity contribution in [2.45, 2.75) is 33.4 Å². The second-order valence-electron chi connectivity index (χ2n) is 4.78. The van der Waals surface area contributed by atoms with Crippen LogP contribution in [0.5, 0.6) is 0 Å². The molecule has 0 aliphatic carbocycles. The number of halogens is 1. The van der Waals surface area contributed by atoms with Gasteiger partial charge in [-0.25, -0.2) is 0 Å². The monoisotopic (exact) mass is 277 g/mol. The molecule has 0 amide bonds. The van der Waals surface area contributed by atoms with E-state index in [0.717, 1.165) is 12.2 Å². The molecular formula is C15H20ClN3. The molecule has 4 heteroatoms. The zero-order valence-corrected chi connectivity index (χ0v) is 12.6. The minimum atomic E-state index is 0.0653. The number of hydrogen-bond donors (Lipinski definition) is 1. The molecule has 2 rings (SSSR count). The average molecular weight is 278 g/mol. The fourth-order valence-corrected chi connectivity index (χ4v) is 2.75. The summed E-state index contributed by atoms with van der Waals surface area (Å²) in [5.74, 6) is 0. The highest BCUT2D eigenvalue weighted by Crippen LogP contribution is 2.30. The Hall–Kier alpha value is -1.32. The molecule has 1 heterocycles. The van der Waals surface area contributed by atoms with E-state index in [4.69, 9.17) is 11.6 Å². The van der Waals surface area contributed by atoms with Gasteiger partial charge >= 0.3 is 0 Å². The van der Waals surface area contributed by atoms with Crippen LogP contribution < -0.4 is 5.32 Å². The highest BCUT2D eigenvalue weighted by atomic mass is 35.5. The van der Waals surface area contributed by atoms with Crippen LogP contribution >= 0.6 is 11.6 Å². The van der Waals surface area contributed by atoms with E-state index >= 15 is 0 Å². The van der Waals surface area contributed by atoms with Crippen LogP contribution in [0.1, 0.15) is 35.3 Å². The van der Waals surface area contributed by atoms with E-state index in [0.29, 0.717) is 5.02 Å². The topological polar surface area (TPSA) is 29.9 Å². The maximum Gasteiger partial charge on any atom is 0.0837 e. The molecule has 2 aromatic rings. The van der Waals surface area contributed by atoms with Crippen molar-refractivity contribution in [3.05, 3.63) is 51.8 Å². The van der Waals surface area contributed by atoms with E-state index in [9.17, 15) is 0 Å². The third-order valence-electron chi connectivity index (χ3n) is 3.43. The van der Waals surface area contributed by atoms with Crippen molar-refractivity contribution < 1.29 is 0 Å². The summed E-state index contributed by atoms with van der Waals surface area (Å²) in [7, 11) is 1.95. The molecule has 102 valence electrons. The molecule has 1 atom stereocenters. The van der Waals surface area contributed by atoms with Gasteiger partial charge < -0.3 is 5.32 Å². The quantitative estimate of drug-likeness (QED) is 0.927. The first-order chi connectivity index (χ1) is 9.08. The Morgan fingerprint density at radius 3 is 2.68 bits per heavy atom. The number of nitrogens with one attached hydrogen (secondary N) is 1. The second-order valence-corrected chi connectivity index (χ2v) is 5.18. The van der Waals surface area contributed by atoms with Crippen molar-refractivity contribution in [1.29, 1.82) is 0 Å². The zero-order valence-electron chi connectivity index (χ0n) is 11.9. The Labute approximate surface area is 119 Å². The van der Waals surface area contributed by atoms with Gasteiger partial charge in [-0.15, -0.1) is 0 Å². The molecule has 0 aliphatic heterocycles. The molecule has 0 aliphatic rings. The van der Waals surface area contributed by atoms with Gasteiger partial charge in [0.15, 0.2) is 0 Å². The van der Waals surface area contributed by atoms with E-state index in [1.165, 1.54) is 16.7 Å². The molecule has 0 bridgehead atoms. The van der Waals surface area contributed by atoms with Crippen LogP contribution in [0.15, 0.2) is 24.4 Å². The summed E-state index contributed by atoms with van der Waals surface area (Å²) in [6.45, 7) is 7.12. The molecule has 1 N–H and O–H groups in total. The van der Waals surface area contributed by atoms with Gasteiger partial charge in [-0.05, 0) is 38.9 Å². The molecule has 0 saturated carbocycles.